The molecule has 214 valence electrons. The van der Waals surface area contributed by atoms with Crippen LogP contribution in [-0.4, -0.2) is 94.2 Å². The van der Waals surface area contributed by atoms with Crippen LogP contribution in [0.4, 0.5) is 0 Å². The molecule has 2 bridgehead atoms. The van der Waals surface area contributed by atoms with E-state index in [-0.39, 0.29) is 24.2 Å². The number of rotatable bonds is 16. The molecule has 2 aliphatic rings. The molecule has 0 aromatic rings. The standard InChI is InChI=1S/C22H30Cl6O9/c1-11(29)8-36-12(2)9-35-7-6-34-5-3-4-13(30)10-37-19(33)15-14(18(31)32)20(25)16(23)17(24)21(15,26)22(20,27)28/h11-15,29-30H,3-10H2,1-2H3,(H,31,32)/p-1. The molecule has 0 aromatic carbocycles. The number of carbonyl (C=O) groups excluding carboxylic acids is 2. The van der Waals surface area contributed by atoms with Crippen molar-refractivity contribution in [3.05, 3.63) is 10.1 Å². The number of fused-ring (bicyclic) bond motifs is 2. The van der Waals surface area contributed by atoms with Gasteiger partial charge in [-0.1, -0.05) is 46.4 Å². The van der Waals surface area contributed by atoms with Crippen molar-refractivity contribution in [2.75, 3.05) is 39.6 Å². The molecule has 2 rings (SSSR count). The zero-order valence-electron chi connectivity index (χ0n) is 20.1. The van der Waals surface area contributed by atoms with E-state index in [4.69, 9.17) is 93.7 Å². The van der Waals surface area contributed by atoms with Crippen molar-refractivity contribution in [3.63, 3.8) is 0 Å². The highest BCUT2D eigenvalue weighted by Gasteiger charge is 2.84. The highest BCUT2D eigenvalue weighted by atomic mass is 35.5. The average molecular weight is 650 g/mol. The summed E-state index contributed by atoms with van der Waals surface area (Å²) in [7, 11) is 0. The Kier molecular flexibility index (Phi) is 12.4. The summed E-state index contributed by atoms with van der Waals surface area (Å²) >= 11 is 37.8. The van der Waals surface area contributed by atoms with E-state index in [0.29, 0.717) is 32.8 Å². The molecule has 0 aromatic heterocycles. The van der Waals surface area contributed by atoms with Crippen LogP contribution >= 0.6 is 69.6 Å². The summed E-state index contributed by atoms with van der Waals surface area (Å²) in [6, 6.07) is 0. The number of hydrogen-bond donors (Lipinski definition) is 2. The maximum atomic E-state index is 12.9. The first-order chi connectivity index (χ1) is 17.1. The van der Waals surface area contributed by atoms with Gasteiger partial charge in [0.2, 0.25) is 0 Å². The second-order valence-electron chi connectivity index (χ2n) is 9.01. The molecule has 2 aliphatic carbocycles. The number of carboxylic acid groups (broad SMARTS) is 1. The number of aliphatic hydroxyl groups excluding tert-OH is 2. The highest BCUT2D eigenvalue weighted by molar-refractivity contribution is 6.66. The van der Waals surface area contributed by atoms with Gasteiger partial charge in [-0.15, -0.1) is 23.2 Å². The maximum Gasteiger partial charge on any atom is 0.312 e. The van der Waals surface area contributed by atoms with Crippen LogP contribution in [0.2, 0.25) is 0 Å². The molecular formula is C22H29Cl6O9-. The third kappa shape index (κ3) is 6.76. The fraction of sp³-hybridized carbons (Fsp3) is 0.818. The van der Waals surface area contributed by atoms with Gasteiger partial charge in [-0.05, 0) is 26.7 Å². The number of hydrogen-bond acceptors (Lipinski definition) is 9. The van der Waals surface area contributed by atoms with Crippen molar-refractivity contribution >= 4 is 81.5 Å². The largest absolute Gasteiger partial charge is 0.550 e. The molecule has 0 aliphatic heterocycles. The lowest BCUT2D eigenvalue weighted by Gasteiger charge is -2.35. The smallest absolute Gasteiger partial charge is 0.312 e. The van der Waals surface area contributed by atoms with Gasteiger partial charge in [-0.3, -0.25) is 4.79 Å². The normalized spacial score (nSPS) is 30.9. The van der Waals surface area contributed by atoms with Gasteiger partial charge in [-0.25, -0.2) is 0 Å². The Morgan fingerprint density at radius 3 is 2.05 bits per heavy atom. The molecule has 15 heteroatoms. The minimum Gasteiger partial charge on any atom is -0.550 e. The van der Waals surface area contributed by atoms with E-state index >= 15 is 0 Å². The average Bonchev–Trinajstić information content (AvgIpc) is 3.03. The summed E-state index contributed by atoms with van der Waals surface area (Å²) in [5.41, 5.74) is 0. The predicted molar refractivity (Wildman–Crippen MR) is 137 cm³/mol. The molecule has 0 heterocycles. The minimum atomic E-state index is -2.27. The number of halogens is 6. The molecule has 0 saturated heterocycles. The van der Waals surface area contributed by atoms with Gasteiger partial charge in [0.15, 0.2) is 4.33 Å². The number of allylic oxidation sites excluding steroid dienone is 2. The topological polar surface area (TPSA) is 135 Å². The van der Waals surface area contributed by atoms with Gasteiger partial charge in [0.25, 0.3) is 0 Å². The first-order valence-corrected chi connectivity index (χ1v) is 13.7. The van der Waals surface area contributed by atoms with Crippen LogP contribution < -0.4 is 5.11 Å². The Hall–Kier alpha value is 0.220. The van der Waals surface area contributed by atoms with Crippen molar-refractivity contribution in [2.45, 2.75) is 59.1 Å². The van der Waals surface area contributed by atoms with Gasteiger partial charge in [0, 0.05) is 18.5 Å². The van der Waals surface area contributed by atoms with E-state index in [0.717, 1.165) is 0 Å². The first kappa shape index (κ1) is 33.4. The van der Waals surface area contributed by atoms with Gasteiger partial charge in [-0.2, -0.15) is 0 Å². The maximum absolute atomic E-state index is 12.9. The van der Waals surface area contributed by atoms with E-state index in [9.17, 15) is 19.8 Å². The minimum absolute atomic E-state index is 0.160. The lowest BCUT2D eigenvalue weighted by Crippen LogP contribution is -2.51. The van der Waals surface area contributed by atoms with Gasteiger partial charge in [0.1, 0.15) is 16.4 Å². The zero-order valence-corrected chi connectivity index (χ0v) is 24.6. The van der Waals surface area contributed by atoms with Crippen LogP contribution in [0.15, 0.2) is 10.1 Å². The second kappa shape index (κ2) is 13.7. The number of carboxylic acids is 1. The van der Waals surface area contributed by atoms with Crippen molar-refractivity contribution in [3.8, 4) is 0 Å². The summed E-state index contributed by atoms with van der Waals surface area (Å²) < 4.78 is 19.0. The van der Waals surface area contributed by atoms with E-state index in [1.165, 1.54) is 0 Å². The Bertz CT molecular complexity index is 856. The fourth-order valence-electron chi connectivity index (χ4n) is 4.17. The monoisotopic (exact) mass is 647 g/mol. The van der Waals surface area contributed by atoms with Crippen LogP contribution in [0.25, 0.3) is 0 Å². The van der Waals surface area contributed by atoms with Gasteiger partial charge >= 0.3 is 5.97 Å². The van der Waals surface area contributed by atoms with Crippen LogP contribution in [0.1, 0.15) is 26.7 Å². The van der Waals surface area contributed by atoms with Gasteiger partial charge in [0.05, 0.1) is 60.7 Å². The van der Waals surface area contributed by atoms with Crippen molar-refractivity contribution < 1.29 is 43.9 Å². The Morgan fingerprint density at radius 2 is 1.49 bits per heavy atom. The molecule has 2 N–H and O–H groups in total. The molecule has 7 atom stereocenters. The second-order valence-corrected chi connectivity index (χ2v) is 12.3. The Labute approximate surface area is 245 Å². The molecule has 1 saturated carbocycles. The molecule has 0 radical (unpaired) electrons. The SMILES string of the molecule is CC(O)COC(C)COCCOCCCC(O)COC(=O)C1C(C(=O)[O-])C2(Cl)C(Cl)=C(Cl)C1(Cl)C2(Cl)Cl. The number of aliphatic carboxylic acids is 1. The van der Waals surface area contributed by atoms with E-state index in [1.807, 2.05) is 6.92 Å². The molecule has 9 nitrogen and oxygen atoms in total. The third-order valence-electron chi connectivity index (χ3n) is 6.03. The molecule has 0 spiro atoms. The summed E-state index contributed by atoms with van der Waals surface area (Å²) in [5.74, 6) is -6.46. The number of esters is 1. The summed E-state index contributed by atoms with van der Waals surface area (Å²) in [4.78, 5) is 20.4. The van der Waals surface area contributed by atoms with Crippen LogP contribution in [-0.2, 0) is 28.5 Å². The highest BCUT2D eigenvalue weighted by Crippen LogP contribution is 2.76. The van der Waals surface area contributed by atoms with Crippen LogP contribution in [0.5, 0.6) is 0 Å². The number of ether oxygens (including phenoxy) is 4. The quantitative estimate of drug-likeness (QED) is 0.147. The van der Waals surface area contributed by atoms with Crippen LogP contribution in [0, 0.1) is 11.8 Å². The van der Waals surface area contributed by atoms with E-state index in [2.05, 4.69) is 0 Å². The number of carbonyl (C=O) groups is 2. The van der Waals surface area contributed by atoms with Gasteiger partial charge < -0.3 is 39.1 Å². The zero-order chi connectivity index (χ0) is 28.2. The number of aliphatic hydroxyl groups is 2. The van der Waals surface area contributed by atoms with E-state index in [1.54, 1.807) is 6.92 Å². The first-order valence-electron chi connectivity index (χ1n) is 11.5. The third-order valence-corrected chi connectivity index (χ3v) is 10.3. The summed E-state index contributed by atoms with van der Waals surface area (Å²) in [5, 5.41) is 30.5. The van der Waals surface area contributed by atoms with Crippen molar-refractivity contribution in [2.24, 2.45) is 11.8 Å². The lowest BCUT2D eigenvalue weighted by atomic mass is 9.82. The Balaban J connectivity index is 1.75. The molecule has 0 amide bonds. The Morgan fingerprint density at radius 1 is 0.919 bits per heavy atom. The summed E-state index contributed by atoms with van der Waals surface area (Å²) in [6.07, 6.45) is -1.11. The van der Waals surface area contributed by atoms with Crippen molar-refractivity contribution in [1.29, 1.82) is 0 Å². The number of alkyl halides is 4. The van der Waals surface area contributed by atoms with Crippen LogP contribution in [0.3, 0.4) is 0 Å². The lowest BCUT2D eigenvalue weighted by molar-refractivity contribution is -0.313. The fourth-order valence-corrected chi connectivity index (χ4v) is 7.09. The molecule has 37 heavy (non-hydrogen) atoms. The van der Waals surface area contributed by atoms with E-state index < -0.39 is 61.7 Å². The van der Waals surface area contributed by atoms with Crippen molar-refractivity contribution in [1.82, 2.24) is 0 Å². The molecular weight excluding hydrogens is 621 g/mol. The predicted octanol–water partition coefficient (Wildman–Crippen LogP) is 2.32. The summed E-state index contributed by atoms with van der Waals surface area (Å²) in [6.45, 7) is 4.58. The molecule has 7 unspecified atom stereocenters. The molecule has 1 fully saturated rings.